The van der Waals surface area contributed by atoms with Gasteiger partial charge >= 0.3 is 6.03 Å². The van der Waals surface area contributed by atoms with E-state index in [2.05, 4.69) is 25.2 Å². The van der Waals surface area contributed by atoms with Gasteiger partial charge in [-0.1, -0.05) is 32.0 Å². The molecule has 1 saturated carbocycles. The SMILES string of the molecule is CO[C@@H]1C[C@H](O)C12CCN(C(=O)Nc1ccccc1C(C)C)CC2. The number of hydrogen-bond donors (Lipinski definition) is 2. The summed E-state index contributed by atoms with van der Waals surface area (Å²) in [6.07, 6.45) is 2.14. The van der Waals surface area contributed by atoms with Crippen molar-refractivity contribution in [2.45, 2.75) is 51.2 Å². The molecule has 0 bridgehead atoms. The van der Waals surface area contributed by atoms with Crippen molar-refractivity contribution in [1.29, 1.82) is 0 Å². The number of piperidine rings is 1. The fraction of sp³-hybridized carbons (Fsp3) is 0.632. The first-order valence-corrected chi connectivity index (χ1v) is 8.83. The number of aliphatic hydroxyl groups is 1. The van der Waals surface area contributed by atoms with Gasteiger partial charge in [-0.05, 0) is 30.4 Å². The number of para-hydroxylation sites is 1. The van der Waals surface area contributed by atoms with E-state index in [1.807, 2.05) is 23.1 Å². The molecule has 5 nitrogen and oxygen atoms in total. The molecular formula is C19H28N2O3. The fourth-order valence-corrected chi connectivity index (χ4v) is 4.15. The summed E-state index contributed by atoms with van der Waals surface area (Å²) in [5, 5.41) is 13.2. The minimum Gasteiger partial charge on any atom is -0.392 e. The molecule has 1 aliphatic heterocycles. The first-order chi connectivity index (χ1) is 11.5. The number of carbonyl (C=O) groups excluding carboxylic acids is 1. The van der Waals surface area contributed by atoms with E-state index in [0.29, 0.717) is 25.4 Å². The Labute approximate surface area is 144 Å². The van der Waals surface area contributed by atoms with Crippen molar-refractivity contribution in [2.24, 2.45) is 5.41 Å². The van der Waals surface area contributed by atoms with Gasteiger partial charge in [-0.2, -0.15) is 0 Å². The van der Waals surface area contributed by atoms with Crippen molar-refractivity contribution in [2.75, 3.05) is 25.5 Å². The number of anilines is 1. The molecular weight excluding hydrogens is 304 g/mol. The molecule has 1 aromatic rings. The molecule has 24 heavy (non-hydrogen) atoms. The molecule has 1 spiro atoms. The van der Waals surface area contributed by atoms with Gasteiger partial charge in [-0.15, -0.1) is 0 Å². The van der Waals surface area contributed by atoms with E-state index >= 15 is 0 Å². The maximum absolute atomic E-state index is 12.6. The van der Waals surface area contributed by atoms with Crippen LogP contribution in [0.3, 0.4) is 0 Å². The molecule has 2 atom stereocenters. The summed E-state index contributed by atoms with van der Waals surface area (Å²) in [6, 6.07) is 7.90. The van der Waals surface area contributed by atoms with Crippen molar-refractivity contribution < 1.29 is 14.6 Å². The third-order valence-corrected chi connectivity index (χ3v) is 5.83. The number of ether oxygens (including phenoxy) is 1. The lowest BCUT2D eigenvalue weighted by molar-refractivity contribution is -0.198. The topological polar surface area (TPSA) is 61.8 Å². The Morgan fingerprint density at radius 3 is 2.58 bits per heavy atom. The van der Waals surface area contributed by atoms with E-state index in [-0.39, 0.29) is 23.7 Å². The summed E-state index contributed by atoms with van der Waals surface area (Å²) >= 11 is 0. The zero-order chi connectivity index (χ0) is 17.3. The highest BCUT2D eigenvalue weighted by Gasteiger charge is 2.56. The van der Waals surface area contributed by atoms with Gasteiger partial charge in [0.15, 0.2) is 0 Å². The van der Waals surface area contributed by atoms with Crippen LogP contribution in [0, 0.1) is 5.41 Å². The van der Waals surface area contributed by atoms with Crippen molar-refractivity contribution in [1.82, 2.24) is 4.90 Å². The van der Waals surface area contributed by atoms with Gasteiger partial charge in [-0.25, -0.2) is 4.79 Å². The first-order valence-electron chi connectivity index (χ1n) is 8.83. The van der Waals surface area contributed by atoms with Crippen molar-refractivity contribution in [3.05, 3.63) is 29.8 Å². The number of nitrogens with one attached hydrogen (secondary N) is 1. The number of likely N-dealkylation sites (tertiary alicyclic amines) is 1. The maximum Gasteiger partial charge on any atom is 0.321 e. The third-order valence-electron chi connectivity index (χ3n) is 5.83. The second-order valence-corrected chi connectivity index (χ2v) is 7.37. The predicted octanol–water partition coefficient (Wildman–Crippen LogP) is 3.20. The van der Waals surface area contributed by atoms with Crippen LogP contribution in [0.5, 0.6) is 0 Å². The van der Waals surface area contributed by atoms with E-state index in [4.69, 9.17) is 4.74 Å². The van der Waals surface area contributed by atoms with Gasteiger partial charge in [0.1, 0.15) is 0 Å². The molecule has 2 amide bonds. The van der Waals surface area contributed by atoms with Crippen LogP contribution in [0.25, 0.3) is 0 Å². The number of urea groups is 1. The molecule has 2 N–H and O–H groups in total. The van der Waals surface area contributed by atoms with Crippen LogP contribution < -0.4 is 5.32 Å². The second kappa shape index (κ2) is 6.73. The molecule has 0 unspecified atom stereocenters. The van der Waals surface area contributed by atoms with Crippen LogP contribution in [0.15, 0.2) is 24.3 Å². The molecule has 1 aromatic carbocycles. The summed E-state index contributed by atoms with van der Waals surface area (Å²) in [5.74, 6) is 0.360. The molecule has 0 aromatic heterocycles. The van der Waals surface area contributed by atoms with Gasteiger partial charge in [0.05, 0.1) is 12.2 Å². The molecule has 0 radical (unpaired) electrons. The number of amides is 2. The van der Waals surface area contributed by atoms with E-state index in [1.165, 1.54) is 0 Å². The molecule has 1 heterocycles. The highest BCUT2D eigenvalue weighted by Crippen LogP contribution is 2.50. The molecule has 3 rings (SSSR count). The van der Waals surface area contributed by atoms with Gasteiger partial charge in [0.2, 0.25) is 0 Å². The Hall–Kier alpha value is -1.59. The van der Waals surface area contributed by atoms with Crippen molar-refractivity contribution >= 4 is 11.7 Å². The monoisotopic (exact) mass is 332 g/mol. The molecule has 2 fully saturated rings. The average Bonchev–Trinajstić information content (AvgIpc) is 2.59. The number of benzene rings is 1. The predicted molar refractivity (Wildman–Crippen MR) is 94.2 cm³/mol. The van der Waals surface area contributed by atoms with Gasteiger partial charge in [0, 0.05) is 37.7 Å². The normalized spacial score (nSPS) is 25.6. The number of hydrogen-bond acceptors (Lipinski definition) is 3. The Balaban J connectivity index is 1.62. The maximum atomic E-state index is 12.6. The Kier molecular flexibility index (Phi) is 4.83. The van der Waals surface area contributed by atoms with Crippen LogP contribution in [0.1, 0.15) is 44.6 Å². The minimum atomic E-state index is -0.297. The fourth-order valence-electron chi connectivity index (χ4n) is 4.15. The lowest BCUT2D eigenvalue weighted by Gasteiger charge is -2.56. The van der Waals surface area contributed by atoms with Gasteiger partial charge in [-0.3, -0.25) is 0 Å². The largest absolute Gasteiger partial charge is 0.392 e. The second-order valence-electron chi connectivity index (χ2n) is 7.37. The summed E-state index contributed by atoms with van der Waals surface area (Å²) in [5.41, 5.74) is 1.88. The summed E-state index contributed by atoms with van der Waals surface area (Å²) < 4.78 is 5.50. The lowest BCUT2D eigenvalue weighted by Crippen LogP contribution is -2.62. The van der Waals surface area contributed by atoms with E-state index in [9.17, 15) is 9.90 Å². The first kappa shape index (κ1) is 17.2. The Morgan fingerprint density at radius 1 is 1.33 bits per heavy atom. The minimum absolute atomic E-state index is 0.0549. The van der Waals surface area contributed by atoms with Crippen LogP contribution in [0.2, 0.25) is 0 Å². The number of nitrogens with zero attached hydrogens (tertiary/aromatic N) is 1. The zero-order valence-corrected chi connectivity index (χ0v) is 14.8. The highest BCUT2D eigenvalue weighted by atomic mass is 16.5. The molecule has 132 valence electrons. The Bertz CT molecular complexity index is 594. The highest BCUT2D eigenvalue weighted by molar-refractivity contribution is 5.90. The van der Waals surface area contributed by atoms with Crippen LogP contribution >= 0.6 is 0 Å². The van der Waals surface area contributed by atoms with Gasteiger partial charge < -0.3 is 20.1 Å². The van der Waals surface area contributed by atoms with Crippen molar-refractivity contribution in [3.63, 3.8) is 0 Å². The third kappa shape index (κ3) is 2.91. The smallest absolute Gasteiger partial charge is 0.321 e. The number of methoxy groups -OCH3 is 1. The summed E-state index contributed by atoms with van der Waals surface area (Å²) in [4.78, 5) is 14.5. The Morgan fingerprint density at radius 2 is 2.00 bits per heavy atom. The molecule has 5 heteroatoms. The number of aliphatic hydroxyl groups excluding tert-OH is 1. The van der Waals surface area contributed by atoms with Crippen molar-refractivity contribution in [3.8, 4) is 0 Å². The van der Waals surface area contributed by atoms with E-state index < -0.39 is 0 Å². The molecule has 2 aliphatic rings. The van der Waals surface area contributed by atoms with Gasteiger partial charge in [0.25, 0.3) is 0 Å². The van der Waals surface area contributed by atoms with Crippen LogP contribution in [-0.2, 0) is 4.74 Å². The average molecular weight is 332 g/mol. The van der Waals surface area contributed by atoms with Crippen LogP contribution in [-0.4, -0.2) is 48.4 Å². The van der Waals surface area contributed by atoms with E-state index in [1.54, 1.807) is 7.11 Å². The number of rotatable bonds is 3. The standard InChI is InChI=1S/C19H28N2O3/c1-13(2)14-6-4-5-7-15(14)20-18(23)21-10-8-19(9-11-21)16(22)12-17(19)24-3/h4-7,13,16-17,22H,8-12H2,1-3H3,(H,20,23)/t16-,17+/m0/s1. The lowest BCUT2D eigenvalue weighted by atomic mass is 9.58. The number of carbonyl (C=O) groups is 1. The molecule has 1 saturated heterocycles. The zero-order valence-electron chi connectivity index (χ0n) is 14.8. The molecule has 1 aliphatic carbocycles. The summed E-state index contributed by atoms with van der Waals surface area (Å²) in [6.45, 7) is 5.57. The summed E-state index contributed by atoms with van der Waals surface area (Å²) in [7, 11) is 1.71. The van der Waals surface area contributed by atoms with E-state index in [0.717, 1.165) is 24.1 Å². The quantitative estimate of drug-likeness (QED) is 0.893. The van der Waals surface area contributed by atoms with Crippen LogP contribution in [0.4, 0.5) is 10.5 Å².